The molecule has 126 valence electrons. The number of hydrogen-bond donors (Lipinski definition) is 1. The number of amides is 2. The van der Waals surface area contributed by atoms with Crippen molar-refractivity contribution in [1.29, 1.82) is 0 Å². The van der Waals surface area contributed by atoms with Gasteiger partial charge in [0.25, 0.3) is 11.8 Å². The van der Waals surface area contributed by atoms with Crippen LogP contribution in [0.1, 0.15) is 24.3 Å². The number of carbonyl (C=O) groups is 2. The highest BCUT2D eigenvalue weighted by atomic mass is 16.2. The molecule has 2 heterocycles. The Morgan fingerprint density at radius 3 is 2.56 bits per heavy atom. The quantitative estimate of drug-likeness (QED) is 0.686. The molecule has 0 aliphatic carbocycles. The number of nitrogens with zero attached hydrogens (tertiary/aromatic N) is 4. The van der Waals surface area contributed by atoms with Crippen molar-refractivity contribution in [1.82, 2.24) is 10.4 Å². The van der Waals surface area contributed by atoms with E-state index < -0.39 is 11.8 Å². The maximum Gasteiger partial charge on any atom is 0.289 e. The Kier molecular flexibility index (Phi) is 4.65. The number of para-hydroxylation sites is 1. The Bertz CT molecular complexity index is 846. The molecule has 1 aliphatic rings. The Balaban J connectivity index is 1.74. The molecule has 7 heteroatoms. The first-order chi connectivity index (χ1) is 12.1. The molecular weight excluding hydrogens is 318 g/mol. The highest BCUT2D eigenvalue weighted by Crippen LogP contribution is 2.24. The van der Waals surface area contributed by atoms with Gasteiger partial charge >= 0.3 is 0 Å². The number of anilines is 1. The second-order valence-electron chi connectivity index (χ2n) is 5.57. The van der Waals surface area contributed by atoms with Crippen LogP contribution in [0.25, 0.3) is 0 Å². The predicted molar refractivity (Wildman–Crippen MR) is 95.3 cm³/mol. The summed E-state index contributed by atoms with van der Waals surface area (Å²) in [6.45, 7) is 3.46. The SMILES string of the molecule is CC1=NN(c2ccccc2)C(=O)C1/C(C)=N/NC(=O)c1ccccn1. The molecule has 1 N–H and O–H groups in total. The predicted octanol–water partition coefficient (Wildman–Crippen LogP) is 2.23. The van der Waals surface area contributed by atoms with Crippen molar-refractivity contribution >= 4 is 28.9 Å². The van der Waals surface area contributed by atoms with Crippen LogP contribution in [0.5, 0.6) is 0 Å². The first-order valence-electron chi connectivity index (χ1n) is 7.77. The van der Waals surface area contributed by atoms with E-state index in [-0.39, 0.29) is 11.6 Å². The number of nitrogens with one attached hydrogen (secondary N) is 1. The number of hydrogen-bond acceptors (Lipinski definition) is 5. The minimum Gasteiger partial charge on any atom is -0.271 e. The Hall–Kier alpha value is -3.35. The van der Waals surface area contributed by atoms with Crippen LogP contribution in [0.3, 0.4) is 0 Å². The molecule has 1 unspecified atom stereocenters. The summed E-state index contributed by atoms with van der Waals surface area (Å²) in [5.74, 6) is -1.22. The molecule has 1 atom stereocenters. The molecule has 1 aromatic heterocycles. The van der Waals surface area contributed by atoms with E-state index in [0.29, 0.717) is 17.1 Å². The topological polar surface area (TPSA) is 87.0 Å². The molecule has 7 nitrogen and oxygen atoms in total. The van der Waals surface area contributed by atoms with Crippen LogP contribution >= 0.6 is 0 Å². The largest absolute Gasteiger partial charge is 0.289 e. The van der Waals surface area contributed by atoms with Crippen molar-refractivity contribution in [2.75, 3.05) is 5.01 Å². The lowest BCUT2D eigenvalue weighted by Crippen LogP contribution is -2.33. The second kappa shape index (κ2) is 7.04. The lowest BCUT2D eigenvalue weighted by atomic mass is 9.99. The van der Waals surface area contributed by atoms with Crippen LogP contribution in [0.4, 0.5) is 5.69 Å². The zero-order valence-corrected chi connectivity index (χ0v) is 13.9. The molecule has 0 spiro atoms. The minimum atomic E-state index is -0.593. The van der Waals surface area contributed by atoms with E-state index in [1.165, 1.54) is 11.2 Å². The van der Waals surface area contributed by atoms with Crippen LogP contribution in [0, 0.1) is 5.92 Å². The van der Waals surface area contributed by atoms with E-state index in [2.05, 4.69) is 20.6 Å². The van der Waals surface area contributed by atoms with Gasteiger partial charge in [-0.2, -0.15) is 15.2 Å². The van der Waals surface area contributed by atoms with Crippen LogP contribution in [0.2, 0.25) is 0 Å². The van der Waals surface area contributed by atoms with E-state index in [1.54, 1.807) is 32.0 Å². The van der Waals surface area contributed by atoms with Gasteiger partial charge in [0.2, 0.25) is 0 Å². The zero-order valence-electron chi connectivity index (χ0n) is 13.9. The van der Waals surface area contributed by atoms with Gasteiger partial charge in [-0.1, -0.05) is 24.3 Å². The summed E-state index contributed by atoms with van der Waals surface area (Å²) in [5.41, 5.74) is 4.48. The smallest absolute Gasteiger partial charge is 0.271 e. The summed E-state index contributed by atoms with van der Waals surface area (Å²) < 4.78 is 0. The number of carbonyl (C=O) groups excluding carboxylic acids is 2. The van der Waals surface area contributed by atoms with Crippen LogP contribution in [-0.4, -0.2) is 28.2 Å². The van der Waals surface area contributed by atoms with Gasteiger partial charge in [0, 0.05) is 6.20 Å². The summed E-state index contributed by atoms with van der Waals surface area (Å²) in [6.07, 6.45) is 1.53. The summed E-state index contributed by atoms with van der Waals surface area (Å²) in [7, 11) is 0. The molecule has 0 bridgehead atoms. The number of aromatic nitrogens is 1. The van der Waals surface area contributed by atoms with Gasteiger partial charge in [-0.15, -0.1) is 0 Å². The van der Waals surface area contributed by atoms with E-state index in [0.717, 1.165) is 0 Å². The Morgan fingerprint density at radius 1 is 1.16 bits per heavy atom. The van der Waals surface area contributed by atoms with Gasteiger partial charge in [0.05, 0.1) is 17.1 Å². The fourth-order valence-corrected chi connectivity index (χ4v) is 2.56. The third-order valence-corrected chi connectivity index (χ3v) is 3.78. The first-order valence-corrected chi connectivity index (χ1v) is 7.77. The van der Waals surface area contributed by atoms with Gasteiger partial charge in [-0.05, 0) is 38.1 Å². The number of rotatable bonds is 4. The van der Waals surface area contributed by atoms with Crippen LogP contribution < -0.4 is 10.4 Å². The van der Waals surface area contributed by atoms with Gasteiger partial charge in [-0.25, -0.2) is 5.43 Å². The second-order valence-corrected chi connectivity index (χ2v) is 5.57. The molecule has 0 saturated carbocycles. The van der Waals surface area contributed by atoms with Crippen molar-refractivity contribution < 1.29 is 9.59 Å². The molecule has 0 radical (unpaired) electrons. The maximum atomic E-state index is 12.7. The fourth-order valence-electron chi connectivity index (χ4n) is 2.56. The average Bonchev–Trinajstić information content (AvgIpc) is 2.95. The van der Waals surface area contributed by atoms with E-state index >= 15 is 0 Å². The molecule has 0 saturated heterocycles. The molecule has 2 amide bonds. The molecule has 0 fully saturated rings. The third kappa shape index (κ3) is 3.45. The monoisotopic (exact) mass is 335 g/mol. The van der Waals surface area contributed by atoms with Gasteiger partial charge in [0.15, 0.2) is 0 Å². The van der Waals surface area contributed by atoms with E-state index in [1.807, 2.05) is 30.3 Å². The van der Waals surface area contributed by atoms with Gasteiger partial charge in [-0.3, -0.25) is 14.6 Å². The number of benzene rings is 1. The molecular formula is C18H17N5O2. The zero-order chi connectivity index (χ0) is 17.8. The number of pyridine rings is 1. The van der Waals surface area contributed by atoms with Crippen molar-refractivity contribution in [2.45, 2.75) is 13.8 Å². The maximum absolute atomic E-state index is 12.7. The minimum absolute atomic E-state index is 0.197. The molecule has 2 aromatic rings. The summed E-state index contributed by atoms with van der Waals surface area (Å²) in [5, 5.41) is 9.74. The average molecular weight is 335 g/mol. The Labute approximate surface area is 145 Å². The summed E-state index contributed by atoms with van der Waals surface area (Å²) in [6, 6.07) is 14.2. The van der Waals surface area contributed by atoms with Crippen molar-refractivity contribution in [3.8, 4) is 0 Å². The Morgan fingerprint density at radius 2 is 1.88 bits per heavy atom. The first kappa shape index (κ1) is 16.5. The number of hydrazone groups is 2. The summed E-state index contributed by atoms with van der Waals surface area (Å²) in [4.78, 5) is 28.6. The highest BCUT2D eigenvalue weighted by Gasteiger charge is 2.36. The van der Waals surface area contributed by atoms with Gasteiger partial charge in [0.1, 0.15) is 11.6 Å². The highest BCUT2D eigenvalue weighted by molar-refractivity contribution is 6.27. The lowest BCUT2D eigenvalue weighted by molar-refractivity contribution is -0.118. The third-order valence-electron chi connectivity index (χ3n) is 3.78. The molecule has 3 rings (SSSR count). The van der Waals surface area contributed by atoms with Crippen molar-refractivity contribution in [3.63, 3.8) is 0 Å². The van der Waals surface area contributed by atoms with Crippen LogP contribution in [0.15, 0.2) is 64.9 Å². The standard InChI is InChI=1S/C18H17N5O2/c1-12(20-21-17(24)15-10-6-7-11-19-15)16-13(2)22-23(18(16)25)14-8-4-3-5-9-14/h3-11,16H,1-2H3,(H,21,24)/b20-12+. The van der Waals surface area contributed by atoms with E-state index in [4.69, 9.17) is 0 Å². The summed E-state index contributed by atoms with van der Waals surface area (Å²) >= 11 is 0. The van der Waals surface area contributed by atoms with Crippen molar-refractivity contribution in [3.05, 3.63) is 60.4 Å². The molecule has 1 aromatic carbocycles. The van der Waals surface area contributed by atoms with Gasteiger partial charge < -0.3 is 0 Å². The molecule has 1 aliphatic heterocycles. The molecule has 25 heavy (non-hydrogen) atoms. The normalized spacial score (nSPS) is 17.4. The fraction of sp³-hybridized carbons (Fsp3) is 0.167. The van der Waals surface area contributed by atoms with Crippen LogP contribution in [-0.2, 0) is 4.79 Å². The van der Waals surface area contributed by atoms with Crippen molar-refractivity contribution in [2.24, 2.45) is 16.1 Å². The van der Waals surface area contributed by atoms with E-state index in [9.17, 15) is 9.59 Å². The lowest BCUT2D eigenvalue weighted by Gasteiger charge is -2.14.